The first kappa shape index (κ1) is 15.8. The predicted octanol–water partition coefficient (Wildman–Crippen LogP) is 4.06. The average Bonchev–Trinajstić information content (AvgIpc) is 2.48. The number of hydrogen-bond acceptors (Lipinski definition) is 3. The Kier molecular flexibility index (Phi) is 6.03. The molecule has 0 unspecified atom stereocenters. The second kappa shape index (κ2) is 8.01. The van der Waals surface area contributed by atoms with Crippen molar-refractivity contribution in [3.63, 3.8) is 0 Å². The van der Waals surface area contributed by atoms with Crippen molar-refractivity contribution in [2.24, 2.45) is 5.92 Å². The Morgan fingerprint density at radius 1 is 1.14 bits per heavy atom. The van der Waals surface area contributed by atoms with E-state index in [1.54, 1.807) is 6.20 Å². The van der Waals surface area contributed by atoms with Crippen LogP contribution in [0.25, 0.3) is 0 Å². The summed E-state index contributed by atoms with van der Waals surface area (Å²) < 4.78 is 5.70. The molecule has 4 heteroatoms. The lowest BCUT2D eigenvalue weighted by Gasteiger charge is -2.09. The number of halogens is 1. The van der Waals surface area contributed by atoms with Gasteiger partial charge in [0, 0.05) is 11.6 Å². The largest absolute Gasteiger partial charge is 0.487 e. The maximum absolute atomic E-state index is 5.85. The van der Waals surface area contributed by atoms with E-state index in [1.807, 2.05) is 36.4 Å². The summed E-state index contributed by atoms with van der Waals surface area (Å²) >= 11 is 5.85. The number of rotatable bonds is 7. The van der Waals surface area contributed by atoms with Crippen LogP contribution in [0.2, 0.25) is 5.02 Å². The monoisotopic (exact) mass is 304 g/mol. The van der Waals surface area contributed by atoms with Crippen molar-refractivity contribution in [1.29, 1.82) is 0 Å². The van der Waals surface area contributed by atoms with Crippen LogP contribution in [-0.2, 0) is 13.2 Å². The maximum Gasteiger partial charge on any atom is 0.138 e. The second-order valence-corrected chi connectivity index (χ2v) is 5.86. The van der Waals surface area contributed by atoms with E-state index in [4.69, 9.17) is 16.3 Å². The van der Waals surface area contributed by atoms with Gasteiger partial charge in [0.05, 0.1) is 11.9 Å². The second-order valence-electron chi connectivity index (χ2n) is 5.43. The summed E-state index contributed by atoms with van der Waals surface area (Å²) in [6.07, 6.45) is 1.77. The van der Waals surface area contributed by atoms with Gasteiger partial charge in [-0.2, -0.15) is 0 Å². The summed E-state index contributed by atoms with van der Waals surface area (Å²) in [6.45, 7) is 6.68. The Morgan fingerprint density at radius 3 is 2.52 bits per heavy atom. The normalized spacial score (nSPS) is 10.9. The van der Waals surface area contributed by atoms with E-state index in [-0.39, 0.29) is 0 Å². The van der Waals surface area contributed by atoms with Gasteiger partial charge in [-0.25, -0.2) is 0 Å². The number of nitrogens with zero attached hydrogens (tertiary/aromatic N) is 1. The number of nitrogens with one attached hydrogen (secondary N) is 1. The Balaban J connectivity index is 1.80. The third-order valence-corrected chi connectivity index (χ3v) is 3.23. The molecule has 0 saturated heterocycles. The summed E-state index contributed by atoms with van der Waals surface area (Å²) in [5.74, 6) is 1.42. The Labute approximate surface area is 131 Å². The molecule has 0 fully saturated rings. The quantitative estimate of drug-likeness (QED) is 0.837. The zero-order valence-electron chi connectivity index (χ0n) is 12.5. The zero-order chi connectivity index (χ0) is 15.1. The van der Waals surface area contributed by atoms with Crippen molar-refractivity contribution < 1.29 is 4.74 Å². The van der Waals surface area contributed by atoms with Crippen molar-refractivity contribution in [2.75, 3.05) is 6.54 Å². The number of ether oxygens (including phenoxy) is 1. The molecule has 1 aromatic heterocycles. The molecular weight excluding hydrogens is 284 g/mol. The standard InChI is InChI=1S/C17H21ClN2O/c1-13(2)9-19-10-16-7-8-17(11-20-16)21-12-14-3-5-15(18)6-4-14/h3-8,11,13,19H,9-10,12H2,1-2H3. The molecule has 1 N–H and O–H groups in total. The summed E-state index contributed by atoms with van der Waals surface area (Å²) in [4.78, 5) is 4.39. The maximum atomic E-state index is 5.85. The smallest absolute Gasteiger partial charge is 0.138 e. The molecule has 3 nitrogen and oxygen atoms in total. The van der Waals surface area contributed by atoms with Crippen LogP contribution in [0.1, 0.15) is 25.1 Å². The molecule has 0 radical (unpaired) electrons. The summed E-state index contributed by atoms with van der Waals surface area (Å²) in [7, 11) is 0. The fourth-order valence-corrected chi connectivity index (χ4v) is 1.96. The highest BCUT2D eigenvalue weighted by molar-refractivity contribution is 6.30. The molecule has 0 aliphatic rings. The van der Waals surface area contributed by atoms with Crippen LogP contribution in [0, 0.1) is 5.92 Å². The van der Waals surface area contributed by atoms with Gasteiger partial charge in [0.15, 0.2) is 0 Å². The molecule has 2 aromatic rings. The van der Waals surface area contributed by atoms with E-state index in [1.165, 1.54) is 0 Å². The lowest BCUT2D eigenvalue weighted by Crippen LogP contribution is -2.19. The number of aromatic nitrogens is 1. The highest BCUT2D eigenvalue weighted by atomic mass is 35.5. The fraction of sp³-hybridized carbons (Fsp3) is 0.353. The molecule has 0 bridgehead atoms. The minimum Gasteiger partial charge on any atom is -0.487 e. The van der Waals surface area contributed by atoms with E-state index in [9.17, 15) is 0 Å². The minimum absolute atomic E-state index is 0.518. The highest BCUT2D eigenvalue weighted by Gasteiger charge is 1.99. The molecule has 1 heterocycles. The van der Waals surface area contributed by atoms with Gasteiger partial charge in [0.25, 0.3) is 0 Å². The van der Waals surface area contributed by atoms with Gasteiger partial charge in [-0.1, -0.05) is 37.6 Å². The highest BCUT2D eigenvalue weighted by Crippen LogP contribution is 2.14. The van der Waals surface area contributed by atoms with Gasteiger partial charge >= 0.3 is 0 Å². The molecule has 21 heavy (non-hydrogen) atoms. The Hall–Kier alpha value is -1.58. The number of hydrogen-bond donors (Lipinski definition) is 1. The van der Waals surface area contributed by atoms with Gasteiger partial charge in [-0.15, -0.1) is 0 Å². The molecule has 0 atom stereocenters. The zero-order valence-corrected chi connectivity index (χ0v) is 13.2. The van der Waals surface area contributed by atoms with Crippen LogP contribution in [0.15, 0.2) is 42.6 Å². The van der Waals surface area contributed by atoms with Gasteiger partial charge in [0.1, 0.15) is 12.4 Å². The fourth-order valence-electron chi connectivity index (χ4n) is 1.84. The first-order valence-electron chi connectivity index (χ1n) is 7.16. The molecule has 112 valence electrons. The number of pyridine rings is 1. The van der Waals surface area contributed by atoms with E-state index < -0.39 is 0 Å². The van der Waals surface area contributed by atoms with Gasteiger partial charge in [0.2, 0.25) is 0 Å². The average molecular weight is 305 g/mol. The number of benzene rings is 1. The molecule has 0 aliphatic heterocycles. The van der Waals surface area contributed by atoms with Crippen molar-refractivity contribution in [2.45, 2.75) is 27.0 Å². The van der Waals surface area contributed by atoms with Crippen LogP contribution < -0.4 is 10.1 Å². The van der Waals surface area contributed by atoms with Crippen LogP contribution in [0.4, 0.5) is 0 Å². The lowest BCUT2D eigenvalue weighted by atomic mass is 10.2. The molecule has 0 spiro atoms. The third-order valence-electron chi connectivity index (χ3n) is 2.98. The van der Waals surface area contributed by atoms with E-state index in [0.29, 0.717) is 12.5 Å². The third kappa shape index (κ3) is 5.74. The van der Waals surface area contributed by atoms with Crippen LogP contribution in [0.5, 0.6) is 5.75 Å². The lowest BCUT2D eigenvalue weighted by molar-refractivity contribution is 0.304. The van der Waals surface area contributed by atoms with Crippen LogP contribution in [0.3, 0.4) is 0 Å². The van der Waals surface area contributed by atoms with Crippen molar-refractivity contribution in [1.82, 2.24) is 10.3 Å². The van der Waals surface area contributed by atoms with E-state index in [0.717, 1.165) is 35.1 Å². The van der Waals surface area contributed by atoms with Crippen molar-refractivity contribution in [3.05, 3.63) is 58.9 Å². The van der Waals surface area contributed by atoms with Gasteiger partial charge in [-0.3, -0.25) is 4.98 Å². The van der Waals surface area contributed by atoms with Crippen molar-refractivity contribution in [3.8, 4) is 5.75 Å². The first-order chi connectivity index (χ1) is 10.1. The molecule has 0 amide bonds. The molecule has 2 rings (SSSR count). The molecular formula is C17H21ClN2O. The summed E-state index contributed by atoms with van der Waals surface area (Å²) in [6, 6.07) is 11.6. The van der Waals surface area contributed by atoms with E-state index >= 15 is 0 Å². The molecule has 1 aromatic carbocycles. The summed E-state index contributed by atoms with van der Waals surface area (Å²) in [5, 5.41) is 4.10. The topological polar surface area (TPSA) is 34.1 Å². The Morgan fingerprint density at radius 2 is 1.90 bits per heavy atom. The van der Waals surface area contributed by atoms with Crippen molar-refractivity contribution >= 4 is 11.6 Å². The molecule has 0 aliphatic carbocycles. The molecule has 0 saturated carbocycles. The van der Waals surface area contributed by atoms with Gasteiger partial charge < -0.3 is 10.1 Å². The SMILES string of the molecule is CC(C)CNCc1ccc(OCc2ccc(Cl)cc2)cn1. The van der Waals surface area contributed by atoms with Crippen LogP contribution >= 0.6 is 11.6 Å². The Bertz CT molecular complexity index is 538. The van der Waals surface area contributed by atoms with Gasteiger partial charge in [-0.05, 0) is 42.3 Å². The predicted molar refractivity (Wildman–Crippen MR) is 86.6 cm³/mol. The van der Waals surface area contributed by atoms with Crippen LogP contribution in [-0.4, -0.2) is 11.5 Å². The first-order valence-corrected chi connectivity index (χ1v) is 7.54. The minimum atomic E-state index is 0.518. The summed E-state index contributed by atoms with van der Waals surface area (Å²) in [5.41, 5.74) is 2.11. The van der Waals surface area contributed by atoms with E-state index in [2.05, 4.69) is 24.1 Å².